The van der Waals surface area contributed by atoms with E-state index in [1.54, 1.807) is 0 Å². The number of carbonyl (C=O) groups is 3. The highest BCUT2D eigenvalue weighted by atomic mass is 16.4. The molecule has 0 aliphatic rings. The number of carbonyl (C=O) groups excluding carboxylic acids is 1. The molecule has 0 aromatic heterocycles. The molecule has 0 fully saturated rings. The van der Waals surface area contributed by atoms with Crippen molar-refractivity contribution in [3.8, 4) is 0 Å². The SMILES string of the molecule is CCCCCCCC/C=C\CCCCCCCC(=O)N[C@@H](CCC(=O)O)C(=O)O.CCNCC. The topological polar surface area (TPSA) is 116 Å². The predicted octanol–water partition coefficient (Wildman–Crippen LogP) is 6.07. The van der Waals surface area contributed by atoms with Crippen LogP contribution < -0.4 is 10.6 Å². The van der Waals surface area contributed by atoms with E-state index < -0.39 is 18.0 Å². The molecule has 0 aliphatic carbocycles. The van der Waals surface area contributed by atoms with E-state index in [2.05, 4.69) is 43.6 Å². The Kier molecular flexibility index (Phi) is 27.6. The second-order valence-electron chi connectivity index (χ2n) is 8.68. The summed E-state index contributed by atoms with van der Waals surface area (Å²) in [7, 11) is 0. The maximum absolute atomic E-state index is 11.8. The highest BCUT2D eigenvalue weighted by molar-refractivity contribution is 5.83. The smallest absolute Gasteiger partial charge is 0.326 e. The van der Waals surface area contributed by atoms with E-state index in [0.717, 1.165) is 51.6 Å². The Morgan fingerprint density at radius 2 is 1.21 bits per heavy atom. The van der Waals surface area contributed by atoms with Crippen LogP contribution in [0, 0.1) is 0 Å². The number of carboxylic acid groups (broad SMARTS) is 2. The minimum atomic E-state index is -1.19. The van der Waals surface area contributed by atoms with Crippen LogP contribution in [-0.2, 0) is 14.4 Å². The maximum Gasteiger partial charge on any atom is 0.326 e. The van der Waals surface area contributed by atoms with E-state index in [-0.39, 0.29) is 25.2 Å². The fourth-order valence-corrected chi connectivity index (χ4v) is 3.40. The van der Waals surface area contributed by atoms with Crippen molar-refractivity contribution in [3.05, 3.63) is 12.2 Å². The normalized spacial score (nSPS) is 11.6. The van der Waals surface area contributed by atoms with Crippen LogP contribution in [0.2, 0.25) is 0 Å². The molecule has 0 aromatic carbocycles. The third-order valence-electron chi connectivity index (χ3n) is 5.45. The molecule has 1 atom stereocenters. The van der Waals surface area contributed by atoms with Crippen LogP contribution in [-0.4, -0.2) is 47.2 Å². The van der Waals surface area contributed by atoms with Gasteiger partial charge in [0.05, 0.1) is 0 Å². The second kappa shape index (κ2) is 27.4. The number of amides is 1. The number of rotatable bonds is 22. The standard InChI is InChI=1S/C23H41NO5.C4H11N/c1-2-3-4-5-6-7-8-9-10-11-12-13-14-15-16-17-21(25)24-20(23(28)29)18-19-22(26)27;1-3-5-4-2/h9-10,20H,2-8,11-19H2,1H3,(H,24,25)(H,26,27)(H,28,29);5H,3-4H2,1-2H3/b10-9-;/t20-;/m0./s1. The maximum atomic E-state index is 11.8. The van der Waals surface area contributed by atoms with Crippen LogP contribution in [0.3, 0.4) is 0 Å². The first-order valence-corrected chi connectivity index (χ1v) is 13.5. The third-order valence-corrected chi connectivity index (χ3v) is 5.45. The van der Waals surface area contributed by atoms with Gasteiger partial charge in [-0.25, -0.2) is 4.79 Å². The van der Waals surface area contributed by atoms with Gasteiger partial charge in [0.1, 0.15) is 6.04 Å². The van der Waals surface area contributed by atoms with Crippen LogP contribution in [0.1, 0.15) is 124 Å². The molecule has 7 heteroatoms. The van der Waals surface area contributed by atoms with Crippen molar-refractivity contribution in [2.24, 2.45) is 0 Å². The molecule has 0 unspecified atom stereocenters. The number of aliphatic carboxylic acids is 2. The van der Waals surface area contributed by atoms with Crippen molar-refractivity contribution >= 4 is 17.8 Å². The Morgan fingerprint density at radius 1 is 0.706 bits per heavy atom. The molecular weight excluding hydrogens is 432 g/mol. The van der Waals surface area contributed by atoms with Gasteiger partial charge in [-0.3, -0.25) is 9.59 Å². The first-order valence-electron chi connectivity index (χ1n) is 13.5. The molecule has 7 nitrogen and oxygen atoms in total. The van der Waals surface area contributed by atoms with Crippen LogP contribution in [0.15, 0.2) is 12.2 Å². The van der Waals surface area contributed by atoms with E-state index in [1.807, 2.05) is 0 Å². The van der Waals surface area contributed by atoms with Crippen molar-refractivity contribution in [1.29, 1.82) is 0 Å². The summed E-state index contributed by atoms with van der Waals surface area (Å²) in [4.78, 5) is 33.4. The van der Waals surface area contributed by atoms with Crippen molar-refractivity contribution in [2.75, 3.05) is 13.1 Å². The lowest BCUT2D eigenvalue weighted by molar-refractivity contribution is -0.143. The molecule has 34 heavy (non-hydrogen) atoms. The largest absolute Gasteiger partial charge is 0.481 e. The van der Waals surface area contributed by atoms with Gasteiger partial charge in [0.15, 0.2) is 0 Å². The van der Waals surface area contributed by atoms with Gasteiger partial charge in [-0.15, -0.1) is 0 Å². The summed E-state index contributed by atoms with van der Waals surface area (Å²) in [6, 6.07) is -1.12. The summed E-state index contributed by atoms with van der Waals surface area (Å²) < 4.78 is 0. The predicted molar refractivity (Wildman–Crippen MR) is 140 cm³/mol. The van der Waals surface area contributed by atoms with Gasteiger partial charge in [-0.05, 0) is 51.6 Å². The van der Waals surface area contributed by atoms with Gasteiger partial charge in [0, 0.05) is 12.8 Å². The number of allylic oxidation sites excluding steroid dienone is 2. The molecule has 4 N–H and O–H groups in total. The second-order valence-corrected chi connectivity index (χ2v) is 8.68. The summed E-state index contributed by atoms with van der Waals surface area (Å²) in [5, 5.41) is 23.2. The zero-order chi connectivity index (χ0) is 25.9. The molecular formula is C27H52N2O5. The zero-order valence-electron chi connectivity index (χ0n) is 22.1. The first kappa shape index (κ1) is 34.3. The summed E-state index contributed by atoms with van der Waals surface area (Å²) in [5.41, 5.74) is 0. The van der Waals surface area contributed by atoms with E-state index in [0.29, 0.717) is 0 Å². The van der Waals surface area contributed by atoms with E-state index >= 15 is 0 Å². The molecule has 0 heterocycles. The Labute approximate surface area is 208 Å². The minimum Gasteiger partial charge on any atom is -0.481 e. The number of carboxylic acids is 2. The average Bonchev–Trinajstić information content (AvgIpc) is 2.79. The molecule has 0 bridgehead atoms. The van der Waals surface area contributed by atoms with E-state index in [9.17, 15) is 14.4 Å². The van der Waals surface area contributed by atoms with Crippen LogP contribution in [0.25, 0.3) is 0 Å². The van der Waals surface area contributed by atoms with Crippen LogP contribution in [0.4, 0.5) is 0 Å². The Hall–Kier alpha value is -1.89. The lowest BCUT2D eigenvalue weighted by Gasteiger charge is -2.13. The molecule has 0 saturated heterocycles. The monoisotopic (exact) mass is 484 g/mol. The lowest BCUT2D eigenvalue weighted by atomic mass is 10.1. The zero-order valence-corrected chi connectivity index (χ0v) is 22.1. The molecule has 200 valence electrons. The van der Waals surface area contributed by atoms with Crippen molar-refractivity contribution in [2.45, 2.75) is 130 Å². The average molecular weight is 485 g/mol. The number of hydrogen-bond donors (Lipinski definition) is 4. The molecule has 0 radical (unpaired) electrons. The van der Waals surface area contributed by atoms with Gasteiger partial charge >= 0.3 is 11.9 Å². The molecule has 1 amide bonds. The summed E-state index contributed by atoms with van der Waals surface area (Å²) >= 11 is 0. The van der Waals surface area contributed by atoms with Crippen LogP contribution >= 0.6 is 0 Å². The highest BCUT2D eigenvalue weighted by Crippen LogP contribution is 2.10. The lowest BCUT2D eigenvalue weighted by Crippen LogP contribution is -2.41. The molecule has 0 rings (SSSR count). The van der Waals surface area contributed by atoms with Gasteiger partial charge in [0.2, 0.25) is 5.91 Å². The molecule has 0 saturated carbocycles. The summed E-state index contributed by atoms with van der Waals surface area (Å²) in [6.07, 6.45) is 19.9. The Bertz CT molecular complexity index is 521. The van der Waals surface area contributed by atoms with E-state index in [4.69, 9.17) is 10.2 Å². The number of unbranched alkanes of at least 4 members (excludes halogenated alkanes) is 11. The number of nitrogens with one attached hydrogen (secondary N) is 2. The minimum absolute atomic E-state index is 0.0945. The Morgan fingerprint density at radius 3 is 1.65 bits per heavy atom. The molecule has 0 aromatic rings. The van der Waals surface area contributed by atoms with Gasteiger partial charge in [-0.2, -0.15) is 0 Å². The molecule has 0 aliphatic heterocycles. The van der Waals surface area contributed by atoms with Crippen molar-refractivity contribution < 1.29 is 24.6 Å². The fraction of sp³-hybridized carbons (Fsp3) is 0.815. The third kappa shape index (κ3) is 28.1. The van der Waals surface area contributed by atoms with Gasteiger partial charge in [0.25, 0.3) is 0 Å². The number of hydrogen-bond acceptors (Lipinski definition) is 4. The first-order chi connectivity index (χ1) is 16.4. The molecule has 0 spiro atoms. The Balaban J connectivity index is 0. The van der Waals surface area contributed by atoms with Crippen LogP contribution in [0.5, 0.6) is 0 Å². The van der Waals surface area contributed by atoms with Crippen molar-refractivity contribution in [1.82, 2.24) is 10.6 Å². The fourth-order valence-electron chi connectivity index (χ4n) is 3.40. The van der Waals surface area contributed by atoms with Gasteiger partial charge in [-0.1, -0.05) is 84.3 Å². The summed E-state index contributed by atoms with van der Waals surface area (Å²) in [6.45, 7) is 8.63. The van der Waals surface area contributed by atoms with Gasteiger partial charge < -0.3 is 20.8 Å². The quantitative estimate of drug-likeness (QED) is 0.109. The van der Waals surface area contributed by atoms with Crippen molar-refractivity contribution in [3.63, 3.8) is 0 Å². The highest BCUT2D eigenvalue weighted by Gasteiger charge is 2.20. The van der Waals surface area contributed by atoms with E-state index in [1.165, 1.54) is 44.9 Å². The summed E-state index contributed by atoms with van der Waals surface area (Å²) in [5.74, 6) is -2.58.